The summed E-state index contributed by atoms with van der Waals surface area (Å²) in [5.74, 6) is -3.24. The molecule has 3 aromatic rings. The Balaban J connectivity index is 1.55. The van der Waals surface area contributed by atoms with Gasteiger partial charge in [0.05, 0.1) is 19.3 Å². The number of rotatable bonds is 10. The molecule has 0 aliphatic heterocycles. The molecular weight excluding hydrogens is 537 g/mol. The van der Waals surface area contributed by atoms with Crippen LogP contribution in [0.25, 0.3) is 5.69 Å². The van der Waals surface area contributed by atoms with E-state index in [4.69, 9.17) is 4.74 Å². The molecule has 1 aliphatic rings. The summed E-state index contributed by atoms with van der Waals surface area (Å²) >= 11 is 0. The molecule has 0 unspecified atom stereocenters. The molecule has 1 fully saturated rings. The highest BCUT2D eigenvalue weighted by molar-refractivity contribution is 6.03. The predicted molar refractivity (Wildman–Crippen MR) is 125 cm³/mol. The summed E-state index contributed by atoms with van der Waals surface area (Å²) in [6.45, 7) is -4.14. The number of anilines is 1. The molecule has 14 heteroatoms. The van der Waals surface area contributed by atoms with E-state index in [0.29, 0.717) is 25.0 Å². The van der Waals surface area contributed by atoms with E-state index in [1.807, 2.05) is 0 Å². The predicted octanol–water partition coefficient (Wildman–Crippen LogP) is 5.49. The van der Waals surface area contributed by atoms with Gasteiger partial charge >= 0.3 is 12.8 Å². The van der Waals surface area contributed by atoms with E-state index < -0.39 is 42.6 Å². The summed E-state index contributed by atoms with van der Waals surface area (Å²) in [6, 6.07) is 6.34. The average Bonchev–Trinajstić information content (AvgIpc) is 3.20. The van der Waals surface area contributed by atoms with Gasteiger partial charge in [0.1, 0.15) is 17.2 Å². The zero-order chi connectivity index (χ0) is 28.3. The van der Waals surface area contributed by atoms with Gasteiger partial charge < -0.3 is 14.8 Å². The van der Waals surface area contributed by atoms with Gasteiger partial charge in [-0.2, -0.15) is 22.0 Å². The second kappa shape index (κ2) is 11.5. The van der Waals surface area contributed by atoms with Gasteiger partial charge in [0, 0.05) is 29.9 Å². The van der Waals surface area contributed by atoms with Crippen molar-refractivity contribution in [2.45, 2.75) is 38.1 Å². The van der Waals surface area contributed by atoms with Crippen LogP contribution >= 0.6 is 0 Å². The number of nitrogens with zero attached hydrogens (tertiary/aromatic N) is 2. The van der Waals surface area contributed by atoms with Crippen molar-refractivity contribution in [2.24, 2.45) is 5.92 Å². The standard InChI is InChI=1S/C25H23F7N4O3/c1-38-18-9-19(26)21(20(27)10-18)36-11-16(8-13-6-15(7-13)33-12-25(30,31)32)34-24(36)35-22(37)14-2-4-17(5-3-14)39-23(28)29/h2-5,9-11,13,15,23,33H,6-8,12H2,1H3,(H,34,35,37). The maximum Gasteiger partial charge on any atom is 0.401 e. The first-order valence-electron chi connectivity index (χ1n) is 11.7. The lowest BCUT2D eigenvalue weighted by Gasteiger charge is -2.36. The fourth-order valence-electron chi connectivity index (χ4n) is 4.26. The molecule has 210 valence electrons. The Labute approximate surface area is 217 Å². The van der Waals surface area contributed by atoms with Crippen LogP contribution in [0.15, 0.2) is 42.6 Å². The van der Waals surface area contributed by atoms with Crippen LogP contribution in [0.1, 0.15) is 28.9 Å². The van der Waals surface area contributed by atoms with E-state index in [0.717, 1.165) is 28.8 Å². The summed E-state index contributed by atoms with van der Waals surface area (Å²) in [5.41, 5.74) is -0.162. The molecule has 0 spiro atoms. The summed E-state index contributed by atoms with van der Waals surface area (Å²) in [6.07, 6.45) is -1.80. The van der Waals surface area contributed by atoms with Gasteiger partial charge in [0.15, 0.2) is 11.6 Å². The fraction of sp³-hybridized carbons (Fsp3) is 0.360. The molecule has 2 N–H and O–H groups in total. The molecular formula is C25H23F7N4O3. The molecule has 0 bridgehead atoms. The minimum absolute atomic E-state index is 0.0287. The lowest BCUT2D eigenvalue weighted by molar-refractivity contribution is -0.128. The fourth-order valence-corrected chi connectivity index (χ4v) is 4.26. The largest absolute Gasteiger partial charge is 0.497 e. The number of benzene rings is 2. The van der Waals surface area contributed by atoms with Crippen LogP contribution in [0.5, 0.6) is 11.5 Å². The van der Waals surface area contributed by atoms with Crippen molar-refractivity contribution in [2.75, 3.05) is 19.0 Å². The molecule has 0 atom stereocenters. The molecule has 0 radical (unpaired) electrons. The quantitative estimate of drug-likeness (QED) is 0.321. The van der Waals surface area contributed by atoms with E-state index in [2.05, 4.69) is 20.4 Å². The van der Waals surface area contributed by atoms with Crippen LogP contribution in [-0.2, 0) is 6.42 Å². The van der Waals surface area contributed by atoms with Crippen LogP contribution < -0.4 is 20.1 Å². The van der Waals surface area contributed by atoms with Crippen LogP contribution in [0.4, 0.5) is 36.7 Å². The number of hydrogen-bond acceptors (Lipinski definition) is 5. The number of hydrogen-bond donors (Lipinski definition) is 2. The SMILES string of the molecule is COc1cc(F)c(-n2cc(CC3CC(NCC(F)(F)F)C3)nc2NC(=O)c2ccc(OC(F)F)cc2)c(F)c1. The van der Waals surface area contributed by atoms with Crippen LogP contribution in [0.2, 0.25) is 0 Å². The van der Waals surface area contributed by atoms with Crippen molar-refractivity contribution >= 4 is 11.9 Å². The zero-order valence-electron chi connectivity index (χ0n) is 20.4. The number of ether oxygens (including phenoxy) is 2. The molecule has 1 amide bonds. The molecule has 0 saturated heterocycles. The minimum atomic E-state index is -4.32. The third-order valence-corrected chi connectivity index (χ3v) is 6.11. The highest BCUT2D eigenvalue weighted by Gasteiger charge is 2.34. The molecule has 1 heterocycles. The van der Waals surface area contributed by atoms with E-state index in [-0.39, 0.29) is 35.0 Å². The Morgan fingerprint density at radius 1 is 1.10 bits per heavy atom. The van der Waals surface area contributed by atoms with Crippen LogP contribution in [0, 0.1) is 17.6 Å². The molecule has 1 aromatic heterocycles. The number of alkyl halides is 5. The average molecular weight is 560 g/mol. The summed E-state index contributed by atoms with van der Waals surface area (Å²) < 4.78 is 102. The molecule has 7 nitrogen and oxygen atoms in total. The van der Waals surface area contributed by atoms with E-state index in [1.54, 1.807) is 0 Å². The lowest BCUT2D eigenvalue weighted by Crippen LogP contribution is -2.45. The zero-order valence-corrected chi connectivity index (χ0v) is 20.4. The van der Waals surface area contributed by atoms with Gasteiger partial charge in [-0.25, -0.2) is 13.8 Å². The Morgan fingerprint density at radius 2 is 1.74 bits per heavy atom. The van der Waals surface area contributed by atoms with Gasteiger partial charge in [-0.15, -0.1) is 0 Å². The van der Waals surface area contributed by atoms with Gasteiger partial charge in [-0.3, -0.25) is 14.7 Å². The highest BCUT2D eigenvalue weighted by atomic mass is 19.4. The van der Waals surface area contributed by atoms with Crippen molar-refractivity contribution < 1.29 is 45.0 Å². The molecule has 39 heavy (non-hydrogen) atoms. The topological polar surface area (TPSA) is 77.4 Å². The number of aromatic nitrogens is 2. The molecule has 2 aromatic carbocycles. The first kappa shape index (κ1) is 28.2. The van der Waals surface area contributed by atoms with E-state index >= 15 is 0 Å². The van der Waals surface area contributed by atoms with Gasteiger partial charge in [-0.05, 0) is 49.4 Å². The second-order valence-corrected chi connectivity index (χ2v) is 8.96. The lowest BCUT2D eigenvalue weighted by atomic mass is 9.77. The first-order chi connectivity index (χ1) is 18.4. The van der Waals surface area contributed by atoms with Crippen molar-refractivity contribution in [3.05, 3.63) is 65.5 Å². The van der Waals surface area contributed by atoms with Crippen LogP contribution in [0.3, 0.4) is 0 Å². The second-order valence-electron chi connectivity index (χ2n) is 8.96. The number of amides is 1. The number of halogens is 7. The Bertz CT molecular complexity index is 1280. The first-order valence-corrected chi connectivity index (χ1v) is 11.7. The Hall–Kier alpha value is -3.81. The summed E-state index contributed by atoms with van der Waals surface area (Å²) in [5, 5.41) is 4.90. The number of nitrogens with one attached hydrogen (secondary N) is 2. The number of carbonyl (C=O) groups excluding carboxylic acids is 1. The maximum absolute atomic E-state index is 14.9. The number of imidazole rings is 1. The summed E-state index contributed by atoms with van der Waals surface area (Å²) in [4.78, 5) is 17.1. The molecule has 1 aliphatic carbocycles. The number of carbonyl (C=O) groups is 1. The molecule has 1 saturated carbocycles. The highest BCUT2D eigenvalue weighted by Crippen LogP contribution is 2.33. The van der Waals surface area contributed by atoms with E-state index in [1.165, 1.54) is 25.4 Å². The third-order valence-electron chi connectivity index (χ3n) is 6.11. The van der Waals surface area contributed by atoms with Crippen molar-refractivity contribution in [3.8, 4) is 17.2 Å². The van der Waals surface area contributed by atoms with Crippen molar-refractivity contribution in [3.63, 3.8) is 0 Å². The minimum Gasteiger partial charge on any atom is -0.497 e. The van der Waals surface area contributed by atoms with Crippen LogP contribution in [-0.4, -0.2) is 47.9 Å². The molecule has 4 rings (SSSR count). The van der Waals surface area contributed by atoms with Crippen molar-refractivity contribution in [1.29, 1.82) is 0 Å². The summed E-state index contributed by atoms with van der Waals surface area (Å²) in [7, 11) is 1.24. The van der Waals surface area contributed by atoms with Crippen molar-refractivity contribution in [1.82, 2.24) is 14.9 Å². The van der Waals surface area contributed by atoms with Gasteiger partial charge in [0.25, 0.3) is 5.91 Å². The van der Waals surface area contributed by atoms with E-state index in [9.17, 15) is 35.5 Å². The monoisotopic (exact) mass is 560 g/mol. The third kappa shape index (κ3) is 7.19. The maximum atomic E-state index is 14.9. The Morgan fingerprint density at radius 3 is 2.31 bits per heavy atom. The smallest absolute Gasteiger partial charge is 0.401 e. The number of methoxy groups -OCH3 is 1. The normalized spacial score (nSPS) is 17.2. The van der Waals surface area contributed by atoms with Gasteiger partial charge in [0.2, 0.25) is 5.95 Å². The Kier molecular flexibility index (Phi) is 8.33. The van der Waals surface area contributed by atoms with Gasteiger partial charge in [-0.1, -0.05) is 0 Å².